The van der Waals surface area contributed by atoms with E-state index < -0.39 is 0 Å². The van der Waals surface area contributed by atoms with E-state index in [0.717, 1.165) is 24.2 Å². The van der Waals surface area contributed by atoms with Crippen molar-refractivity contribution in [3.8, 4) is 5.75 Å². The van der Waals surface area contributed by atoms with E-state index in [4.69, 9.17) is 4.74 Å². The highest BCUT2D eigenvalue weighted by Crippen LogP contribution is 2.19. The molecule has 0 spiro atoms. The fraction of sp³-hybridized carbons (Fsp3) is 0.412. The molecule has 112 valence electrons. The number of hydrogen-bond donors (Lipinski definition) is 0. The molecule has 0 radical (unpaired) electrons. The first kappa shape index (κ1) is 15.3. The van der Waals surface area contributed by atoms with Gasteiger partial charge < -0.3 is 4.74 Å². The highest BCUT2D eigenvalue weighted by Gasteiger charge is 2.15. The first-order chi connectivity index (χ1) is 10.2. The van der Waals surface area contributed by atoms with Crippen LogP contribution in [-0.2, 0) is 19.4 Å². The lowest BCUT2D eigenvalue weighted by molar-refractivity contribution is 0.0962. The van der Waals surface area contributed by atoms with Crippen LogP contribution in [0.1, 0.15) is 42.5 Å². The number of aryl methyl sites for hydroxylation is 2. The van der Waals surface area contributed by atoms with Crippen molar-refractivity contribution >= 4 is 5.78 Å². The molecule has 0 atom stereocenters. The van der Waals surface area contributed by atoms with Gasteiger partial charge in [0.2, 0.25) is 0 Å². The van der Waals surface area contributed by atoms with Gasteiger partial charge in [0, 0.05) is 5.69 Å². The summed E-state index contributed by atoms with van der Waals surface area (Å²) in [5.41, 5.74) is 2.74. The third-order valence-corrected chi connectivity index (χ3v) is 3.42. The average Bonchev–Trinajstić information content (AvgIpc) is 2.90. The monoisotopic (exact) mass is 286 g/mol. The van der Waals surface area contributed by atoms with Crippen LogP contribution in [0.5, 0.6) is 5.75 Å². The number of aromatic nitrogens is 2. The highest BCUT2D eigenvalue weighted by atomic mass is 16.5. The Kier molecular flexibility index (Phi) is 5.14. The molecule has 0 aliphatic rings. The molecule has 1 aromatic carbocycles. The van der Waals surface area contributed by atoms with Gasteiger partial charge in [0.05, 0.1) is 17.9 Å². The van der Waals surface area contributed by atoms with Gasteiger partial charge in [-0.25, -0.2) is 0 Å². The van der Waals surface area contributed by atoms with Crippen molar-refractivity contribution in [2.24, 2.45) is 0 Å². The molecule has 2 aromatic rings. The molecule has 0 aliphatic carbocycles. The molecular formula is C17H22N2O2. The standard InChI is InChI=1S/C17H22N2O2/c1-4-13-11-14(5-2)19(18-13)12-16(20)15-9-7-8-10-17(15)21-6-3/h7-11H,4-6,12H2,1-3H3. The number of para-hydroxylation sites is 1. The molecule has 0 amide bonds. The van der Waals surface area contributed by atoms with Gasteiger partial charge in [-0.2, -0.15) is 5.10 Å². The Labute approximate surface area is 125 Å². The number of benzene rings is 1. The van der Waals surface area contributed by atoms with E-state index in [2.05, 4.69) is 25.0 Å². The van der Waals surface area contributed by atoms with Gasteiger partial charge >= 0.3 is 0 Å². The molecule has 0 aliphatic heterocycles. The lowest BCUT2D eigenvalue weighted by Crippen LogP contribution is -2.15. The number of nitrogens with zero attached hydrogens (tertiary/aromatic N) is 2. The largest absolute Gasteiger partial charge is 0.493 e. The second-order valence-corrected chi connectivity index (χ2v) is 4.84. The molecule has 0 fully saturated rings. The maximum atomic E-state index is 12.5. The molecule has 0 saturated carbocycles. The number of ether oxygens (including phenoxy) is 1. The molecule has 4 nitrogen and oxygen atoms in total. The first-order valence-electron chi connectivity index (χ1n) is 7.50. The number of hydrogen-bond acceptors (Lipinski definition) is 3. The van der Waals surface area contributed by atoms with Crippen molar-refractivity contribution < 1.29 is 9.53 Å². The molecule has 0 unspecified atom stereocenters. The Bertz CT molecular complexity index is 617. The summed E-state index contributed by atoms with van der Waals surface area (Å²) in [6.45, 7) is 6.86. The molecule has 2 rings (SSSR count). The van der Waals surface area contributed by atoms with E-state index in [1.807, 2.05) is 35.9 Å². The zero-order valence-electron chi connectivity index (χ0n) is 12.9. The lowest BCUT2D eigenvalue weighted by Gasteiger charge is -2.10. The third kappa shape index (κ3) is 3.51. The lowest BCUT2D eigenvalue weighted by atomic mass is 10.1. The Morgan fingerprint density at radius 3 is 2.62 bits per heavy atom. The summed E-state index contributed by atoms with van der Waals surface area (Å²) in [6, 6.07) is 9.45. The zero-order valence-corrected chi connectivity index (χ0v) is 12.9. The Morgan fingerprint density at radius 2 is 1.95 bits per heavy atom. The van der Waals surface area contributed by atoms with Crippen LogP contribution >= 0.6 is 0 Å². The molecular weight excluding hydrogens is 264 g/mol. The van der Waals surface area contributed by atoms with Crippen LogP contribution in [-0.4, -0.2) is 22.2 Å². The van der Waals surface area contributed by atoms with Crippen molar-refractivity contribution in [3.63, 3.8) is 0 Å². The summed E-state index contributed by atoms with van der Waals surface area (Å²) < 4.78 is 7.34. The first-order valence-corrected chi connectivity index (χ1v) is 7.50. The number of rotatable bonds is 7. The topological polar surface area (TPSA) is 44.1 Å². The van der Waals surface area contributed by atoms with Crippen molar-refractivity contribution in [1.29, 1.82) is 0 Å². The number of ketones is 1. The quantitative estimate of drug-likeness (QED) is 0.734. The fourth-order valence-corrected chi connectivity index (χ4v) is 2.31. The SMILES string of the molecule is CCOc1ccccc1C(=O)Cn1nc(CC)cc1CC. The minimum Gasteiger partial charge on any atom is -0.493 e. The second-order valence-electron chi connectivity index (χ2n) is 4.84. The highest BCUT2D eigenvalue weighted by molar-refractivity contribution is 5.98. The molecule has 0 N–H and O–H groups in total. The summed E-state index contributed by atoms with van der Waals surface area (Å²) in [6.07, 6.45) is 1.75. The third-order valence-electron chi connectivity index (χ3n) is 3.42. The van der Waals surface area contributed by atoms with E-state index in [-0.39, 0.29) is 12.3 Å². The molecule has 21 heavy (non-hydrogen) atoms. The van der Waals surface area contributed by atoms with Gasteiger partial charge in [0.1, 0.15) is 12.3 Å². The van der Waals surface area contributed by atoms with Gasteiger partial charge in [0.15, 0.2) is 5.78 Å². The second kappa shape index (κ2) is 7.07. The van der Waals surface area contributed by atoms with Crippen LogP contribution in [0.4, 0.5) is 0 Å². The predicted octanol–water partition coefficient (Wildman–Crippen LogP) is 3.29. The van der Waals surface area contributed by atoms with E-state index in [9.17, 15) is 4.79 Å². The summed E-state index contributed by atoms with van der Waals surface area (Å²) in [7, 11) is 0. The van der Waals surface area contributed by atoms with E-state index in [1.54, 1.807) is 0 Å². The van der Waals surface area contributed by atoms with Gasteiger partial charge in [-0.15, -0.1) is 0 Å². The van der Waals surface area contributed by atoms with Crippen LogP contribution in [0.2, 0.25) is 0 Å². The minimum absolute atomic E-state index is 0.0273. The van der Waals surface area contributed by atoms with Crippen molar-refractivity contribution in [3.05, 3.63) is 47.3 Å². The van der Waals surface area contributed by atoms with Crippen LogP contribution in [0.25, 0.3) is 0 Å². The number of carbonyl (C=O) groups excluding carboxylic acids is 1. The molecule has 1 aromatic heterocycles. The Hall–Kier alpha value is -2.10. The van der Waals surface area contributed by atoms with Crippen molar-refractivity contribution in [2.75, 3.05) is 6.61 Å². The Balaban J connectivity index is 2.24. The van der Waals surface area contributed by atoms with E-state index in [1.165, 1.54) is 0 Å². The van der Waals surface area contributed by atoms with Gasteiger partial charge in [-0.05, 0) is 38.0 Å². The molecule has 4 heteroatoms. The zero-order chi connectivity index (χ0) is 15.2. The number of carbonyl (C=O) groups is 1. The maximum absolute atomic E-state index is 12.5. The fourth-order valence-electron chi connectivity index (χ4n) is 2.31. The van der Waals surface area contributed by atoms with E-state index in [0.29, 0.717) is 17.9 Å². The van der Waals surface area contributed by atoms with Gasteiger partial charge in [-0.3, -0.25) is 9.48 Å². The maximum Gasteiger partial charge on any atom is 0.187 e. The van der Waals surface area contributed by atoms with E-state index >= 15 is 0 Å². The minimum atomic E-state index is 0.0273. The summed E-state index contributed by atoms with van der Waals surface area (Å²) in [5, 5.41) is 4.50. The van der Waals surface area contributed by atoms with Crippen LogP contribution < -0.4 is 4.74 Å². The van der Waals surface area contributed by atoms with Crippen LogP contribution in [0.3, 0.4) is 0 Å². The van der Waals surface area contributed by atoms with Gasteiger partial charge in [-0.1, -0.05) is 26.0 Å². The van der Waals surface area contributed by atoms with Crippen molar-refractivity contribution in [1.82, 2.24) is 9.78 Å². The molecule has 1 heterocycles. The van der Waals surface area contributed by atoms with Crippen LogP contribution in [0.15, 0.2) is 30.3 Å². The Morgan fingerprint density at radius 1 is 1.19 bits per heavy atom. The molecule has 0 saturated heterocycles. The van der Waals surface area contributed by atoms with Gasteiger partial charge in [0.25, 0.3) is 0 Å². The predicted molar refractivity (Wildman–Crippen MR) is 82.9 cm³/mol. The van der Waals surface area contributed by atoms with Crippen LogP contribution in [0, 0.1) is 0 Å². The summed E-state index contributed by atoms with van der Waals surface area (Å²) in [4.78, 5) is 12.5. The normalized spacial score (nSPS) is 10.6. The van der Waals surface area contributed by atoms with Crippen molar-refractivity contribution in [2.45, 2.75) is 40.2 Å². The molecule has 0 bridgehead atoms. The summed E-state index contributed by atoms with van der Waals surface area (Å²) in [5.74, 6) is 0.672. The summed E-state index contributed by atoms with van der Waals surface area (Å²) >= 11 is 0. The number of Topliss-reactive ketones (excluding diaryl/α,β-unsaturated/α-hetero) is 1. The average molecular weight is 286 g/mol. The smallest absolute Gasteiger partial charge is 0.187 e.